The van der Waals surface area contributed by atoms with Crippen molar-refractivity contribution in [1.82, 2.24) is 0 Å². The quantitative estimate of drug-likeness (QED) is 0.769. The van der Waals surface area contributed by atoms with Gasteiger partial charge in [-0.25, -0.2) is 0 Å². The second-order valence-electron chi connectivity index (χ2n) is 4.39. The number of ether oxygens (including phenoxy) is 2. The zero-order chi connectivity index (χ0) is 13.0. The van der Waals surface area contributed by atoms with E-state index in [2.05, 4.69) is 6.08 Å². The molecule has 1 aliphatic carbocycles. The van der Waals surface area contributed by atoms with Gasteiger partial charge in [-0.05, 0) is 42.5 Å². The molecule has 2 rings (SSSR count). The number of carbonyl (C=O) groups excluding carboxylic acids is 1. The Morgan fingerprint density at radius 1 is 1.22 bits per heavy atom. The fraction of sp³-hybridized carbons (Fsp3) is 0.400. The summed E-state index contributed by atoms with van der Waals surface area (Å²) in [6.45, 7) is 0. The van der Waals surface area contributed by atoms with E-state index >= 15 is 0 Å². The van der Waals surface area contributed by atoms with Gasteiger partial charge in [0.2, 0.25) is 0 Å². The molecule has 0 amide bonds. The molecule has 1 aromatic rings. The van der Waals surface area contributed by atoms with Gasteiger partial charge >= 0.3 is 5.97 Å². The number of esters is 1. The SMILES string of the molecule is COC(=O)[C@H]1CCCC=C1c1ccc(OC)cc1. The van der Waals surface area contributed by atoms with E-state index in [1.807, 2.05) is 24.3 Å². The normalized spacial score (nSPS) is 19.0. The molecular formula is C15H18O3. The van der Waals surface area contributed by atoms with Crippen LogP contribution in [0.4, 0.5) is 0 Å². The molecule has 0 unspecified atom stereocenters. The van der Waals surface area contributed by atoms with E-state index in [0.717, 1.165) is 36.1 Å². The standard InChI is InChI=1S/C15H18O3/c1-17-12-9-7-11(8-10-12)13-5-3-4-6-14(13)15(16)18-2/h5,7-10,14H,3-4,6H2,1-2H3/t14-/m0/s1. The van der Waals surface area contributed by atoms with Gasteiger partial charge in [0.15, 0.2) is 0 Å². The van der Waals surface area contributed by atoms with Crippen molar-refractivity contribution in [2.75, 3.05) is 14.2 Å². The van der Waals surface area contributed by atoms with Crippen molar-refractivity contribution in [3.05, 3.63) is 35.9 Å². The van der Waals surface area contributed by atoms with Crippen LogP contribution in [0.2, 0.25) is 0 Å². The first-order chi connectivity index (χ1) is 8.76. The van der Waals surface area contributed by atoms with Gasteiger partial charge < -0.3 is 9.47 Å². The Kier molecular flexibility index (Phi) is 4.03. The van der Waals surface area contributed by atoms with Crippen molar-refractivity contribution in [3.63, 3.8) is 0 Å². The van der Waals surface area contributed by atoms with Crippen LogP contribution in [0.5, 0.6) is 5.75 Å². The molecule has 0 saturated heterocycles. The lowest BCUT2D eigenvalue weighted by Gasteiger charge is -2.22. The van der Waals surface area contributed by atoms with Crippen molar-refractivity contribution in [3.8, 4) is 5.75 Å². The zero-order valence-electron chi connectivity index (χ0n) is 10.8. The molecule has 0 aromatic heterocycles. The predicted molar refractivity (Wildman–Crippen MR) is 70.3 cm³/mol. The number of methoxy groups -OCH3 is 2. The molecule has 0 aliphatic heterocycles. The topological polar surface area (TPSA) is 35.5 Å². The molecule has 0 spiro atoms. The van der Waals surface area contributed by atoms with Gasteiger partial charge in [-0.3, -0.25) is 4.79 Å². The third-order valence-electron chi connectivity index (χ3n) is 3.35. The van der Waals surface area contributed by atoms with Crippen LogP contribution in [-0.4, -0.2) is 20.2 Å². The van der Waals surface area contributed by atoms with Crippen LogP contribution in [-0.2, 0) is 9.53 Å². The first kappa shape index (κ1) is 12.7. The third-order valence-corrected chi connectivity index (χ3v) is 3.35. The summed E-state index contributed by atoms with van der Waals surface area (Å²) in [5.41, 5.74) is 2.15. The van der Waals surface area contributed by atoms with Crippen LogP contribution in [0.1, 0.15) is 24.8 Å². The van der Waals surface area contributed by atoms with Gasteiger partial charge in [-0.15, -0.1) is 0 Å². The molecule has 3 heteroatoms. The minimum Gasteiger partial charge on any atom is -0.497 e. The Morgan fingerprint density at radius 2 is 1.94 bits per heavy atom. The lowest BCUT2D eigenvalue weighted by Crippen LogP contribution is -2.20. The number of carbonyl (C=O) groups is 1. The highest BCUT2D eigenvalue weighted by Crippen LogP contribution is 2.33. The molecule has 3 nitrogen and oxygen atoms in total. The van der Waals surface area contributed by atoms with Crippen LogP contribution in [0.3, 0.4) is 0 Å². The predicted octanol–water partition coefficient (Wildman–Crippen LogP) is 3.05. The van der Waals surface area contributed by atoms with Crippen LogP contribution in [0.25, 0.3) is 5.57 Å². The molecule has 0 fully saturated rings. The maximum Gasteiger partial charge on any atom is 0.313 e. The van der Waals surface area contributed by atoms with Crippen LogP contribution in [0.15, 0.2) is 30.3 Å². The average molecular weight is 246 g/mol. The Labute approximate surface area is 107 Å². The minimum atomic E-state index is -0.142. The summed E-state index contributed by atoms with van der Waals surface area (Å²) >= 11 is 0. The second-order valence-corrected chi connectivity index (χ2v) is 4.39. The highest BCUT2D eigenvalue weighted by Gasteiger charge is 2.26. The Bertz CT molecular complexity index is 445. The molecule has 0 saturated carbocycles. The Morgan fingerprint density at radius 3 is 2.56 bits per heavy atom. The van der Waals surface area contributed by atoms with Crippen LogP contribution >= 0.6 is 0 Å². The molecule has 0 heterocycles. The summed E-state index contributed by atoms with van der Waals surface area (Å²) in [5.74, 6) is 0.554. The number of rotatable bonds is 3. The number of hydrogen-bond donors (Lipinski definition) is 0. The lowest BCUT2D eigenvalue weighted by molar-refractivity contribution is -0.143. The smallest absolute Gasteiger partial charge is 0.313 e. The molecule has 0 bridgehead atoms. The van der Waals surface area contributed by atoms with Crippen molar-refractivity contribution < 1.29 is 14.3 Å². The lowest BCUT2D eigenvalue weighted by atomic mass is 9.84. The van der Waals surface area contributed by atoms with Gasteiger partial charge in [0.1, 0.15) is 5.75 Å². The minimum absolute atomic E-state index is 0.128. The van der Waals surface area contributed by atoms with E-state index in [9.17, 15) is 4.79 Å². The summed E-state index contributed by atoms with van der Waals surface area (Å²) in [4.78, 5) is 11.8. The van der Waals surface area contributed by atoms with Gasteiger partial charge in [0, 0.05) is 0 Å². The first-order valence-electron chi connectivity index (χ1n) is 6.18. The van der Waals surface area contributed by atoms with E-state index in [1.54, 1.807) is 7.11 Å². The average Bonchev–Trinajstić information content (AvgIpc) is 2.46. The van der Waals surface area contributed by atoms with E-state index in [-0.39, 0.29) is 11.9 Å². The fourth-order valence-corrected chi connectivity index (χ4v) is 2.37. The molecule has 0 N–H and O–H groups in total. The monoisotopic (exact) mass is 246 g/mol. The summed E-state index contributed by atoms with van der Waals surface area (Å²) < 4.78 is 10.0. The molecule has 96 valence electrons. The molecule has 18 heavy (non-hydrogen) atoms. The highest BCUT2D eigenvalue weighted by molar-refractivity contribution is 5.89. The molecule has 1 aliphatic rings. The molecule has 1 aromatic carbocycles. The zero-order valence-corrected chi connectivity index (χ0v) is 10.8. The Hall–Kier alpha value is -1.77. The number of benzene rings is 1. The van der Waals surface area contributed by atoms with E-state index in [4.69, 9.17) is 9.47 Å². The summed E-state index contributed by atoms with van der Waals surface area (Å²) in [7, 11) is 3.09. The second kappa shape index (κ2) is 5.71. The van der Waals surface area contributed by atoms with Crippen LogP contribution < -0.4 is 4.74 Å². The van der Waals surface area contributed by atoms with E-state index < -0.39 is 0 Å². The number of allylic oxidation sites excluding steroid dienone is 1. The Balaban J connectivity index is 2.28. The van der Waals surface area contributed by atoms with Gasteiger partial charge in [0.25, 0.3) is 0 Å². The van der Waals surface area contributed by atoms with E-state index in [1.165, 1.54) is 7.11 Å². The van der Waals surface area contributed by atoms with E-state index in [0.29, 0.717) is 0 Å². The molecular weight excluding hydrogens is 228 g/mol. The summed E-state index contributed by atoms with van der Waals surface area (Å²) in [5, 5.41) is 0. The van der Waals surface area contributed by atoms with Gasteiger partial charge in [0.05, 0.1) is 20.1 Å². The molecule has 0 radical (unpaired) electrons. The third kappa shape index (κ3) is 2.55. The summed E-state index contributed by atoms with van der Waals surface area (Å²) in [6, 6.07) is 7.82. The van der Waals surface area contributed by atoms with Crippen molar-refractivity contribution >= 4 is 11.5 Å². The van der Waals surface area contributed by atoms with Gasteiger partial charge in [-0.1, -0.05) is 18.2 Å². The maximum atomic E-state index is 11.8. The largest absolute Gasteiger partial charge is 0.497 e. The first-order valence-corrected chi connectivity index (χ1v) is 6.18. The van der Waals surface area contributed by atoms with Crippen molar-refractivity contribution in [1.29, 1.82) is 0 Å². The van der Waals surface area contributed by atoms with Crippen LogP contribution in [0, 0.1) is 5.92 Å². The number of hydrogen-bond acceptors (Lipinski definition) is 3. The molecule has 1 atom stereocenters. The fourth-order valence-electron chi connectivity index (χ4n) is 2.37. The van der Waals surface area contributed by atoms with Crippen molar-refractivity contribution in [2.45, 2.75) is 19.3 Å². The van der Waals surface area contributed by atoms with Crippen molar-refractivity contribution in [2.24, 2.45) is 5.92 Å². The van der Waals surface area contributed by atoms with Gasteiger partial charge in [-0.2, -0.15) is 0 Å². The summed E-state index contributed by atoms with van der Waals surface area (Å²) in [6.07, 6.45) is 5.08. The maximum absolute atomic E-state index is 11.8. The highest BCUT2D eigenvalue weighted by atomic mass is 16.5.